The Kier molecular flexibility index (Phi) is 3.65. The molecule has 3 rings (SSSR count). The van der Waals surface area contributed by atoms with Crippen molar-refractivity contribution in [3.63, 3.8) is 0 Å². The molecule has 18 heavy (non-hydrogen) atoms. The number of likely N-dealkylation sites (tertiary alicyclic amines) is 1. The average Bonchev–Trinajstić information content (AvgIpc) is 3.03. The van der Waals surface area contributed by atoms with Gasteiger partial charge in [0, 0.05) is 18.6 Å². The largest absolute Gasteiger partial charge is 0.394 e. The summed E-state index contributed by atoms with van der Waals surface area (Å²) in [4.78, 5) is 2.67. The Labute approximate surface area is 111 Å². The van der Waals surface area contributed by atoms with E-state index >= 15 is 0 Å². The number of aliphatic hydroxyl groups is 1. The Balaban J connectivity index is 1.62. The zero-order valence-corrected chi connectivity index (χ0v) is 11.7. The molecule has 0 amide bonds. The summed E-state index contributed by atoms with van der Waals surface area (Å²) >= 11 is 0. The van der Waals surface area contributed by atoms with Crippen LogP contribution in [0.4, 0.5) is 0 Å². The van der Waals surface area contributed by atoms with Crippen molar-refractivity contribution in [2.24, 2.45) is 5.92 Å². The minimum Gasteiger partial charge on any atom is -0.394 e. The van der Waals surface area contributed by atoms with E-state index in [9.17, 15) is 5.11 Å². The highest BCUT2D eigenvalue weighted by Crippen LogP contribution is 2.37. The molecule has 2 saturated carbocycles. The van der Waals surface area contributed by atoms with Gasteiger partial charge in [0.15, 0.2) is 0 Å². The first-order valence-corrected chi connectivity index (χ1v) is 7.83. The molecule has 0 radical (unpaired) electrons. The number of rotatable bonds is 5. The molecule has 0 bridgehead atoms. The summed E-state index contributed by atoms with van der Waals surface area (Å²) in [5.41, 5.74) is -0.0916. The Morgan fingerprint density at radius 2 is 1.94 bits per heavy atom. The third-order valence-corrected chi connectivity index (χ3v) is 5.14. The Morgan fingerprint density at radius 3 is 2.67 bits per heavy atom. The predicted octanol–water partition coefficient (Wildman–Crippen LogP) is 1.75. The molecule has 0 aromatic carbocycles. The van der Waals surface area contributed by atoms with Gasteiger partial charge < -0.3 is 10.4 Å². The lowest BCUT2D eigenvalue weighted by Crippen LogP contribution is -2.58. The number of hydrogen-bond acceptors (Lipinski definition) is 3. The normalized spacial score (nSPS) is 36.3. The van der Waals surface area contributed by atoms with Gasteiger partial charge in [-0.2, -0.15) is 0 Å². The van der Waals surface area contributed by atoms with Crippen LogP contribution in [0.2, 0.25) is 0 Å². The van der Waals surface area contributed by atoms with E-state index in [0.717, 1.165) is 18.5 Å². The van der Waals surface area contributed by atoms with Crippen LogP contribution in [-0.2, 0) is 0 Å². The second kappa shape index (κ2) is 5.10. The van der Waals surface area contributed by atoms with Gasteiger partial charge in [-0.05, 0) is 57.9 Å². The molecule has 3 heteroatoms. The SMILES string of the molecule is CC(CO)(CN1CCCC2CCCC21)NC1CC1. The summed E-state index contributed by atoms with van der Waals surface area (Å²) in [6, 6.07) is 1.48. The quantitative estimate of drug-likeness (QED) is 0.782. The third kappa shape index (κ3) is 2.73. The number of hydrogen-bond donors (Lipinski definition) is 2. The van der Waals surface area contributed by atoms with E-state index in [1.165, 1.54) is 51.5 Å². The van der Waals surface area contributed by atoms with Crippen LogP contribution in [0, 0.1) is 5.92 Å². The minimum absolute atomic E-state index is 0.0916. The lowest BCUT2D eigenvalue weighted by Gasteiger charge is -2.43. The fourth-order valence-corrected chi connectivity index (χ4v) is 4.06. The summed E-state index contributed by atoms with van der Waals surface area (Å²) in [6.45, 7) is 4.73. The van der Waals surface area contributed by atoms with Crippen LogP contribution in [-0.4, -0.2) is 47.3 Å². The fraction of sp³-hybridized carbons (Fsp3) is 1.00. The molecule has 3 fully saturated rings. The third-order valence-electron chi connectivity index (χ3n) is 5.14. The topological polar surface area (TPSA) is 35.5 Å². The van der Waals surface area contributed by atoms with Gasteiger partial charge in [0.25, 0.3) is 0 Å². The highest BCUT2D eigenvalue weighted by atomic mass is 16.3. The van der Waals surface area contributed by atoms with Crippen molar-refractivity contribution >= 4 is 0 Å². The van der Waals surface area contributed by atoms with E-state index < -0.39 is 0 Å². The molecule has 3 unspecified atom stereocenters. The molecule has 2 N–H and O–H groups in total. The molecule has 3 aliphatic rings. The van der Waals surface area contributed by atoms with E-state index in [0.29, 0.717) is 6.04 Å². The molecule has 0 spiro atoms. The van der Waals surface area contributed by atoms with Crippen molar-refractivity contribution in [2.75, 3.05) is 19.7 Å². The van der Waals surface area contributed by atoms with Gasteiger partial charge in [-0.15, -0.1) is 0 Å². The molecule has 2 aliphatic carbocycles. The van der Waals surface area contributed by atoms with Gasteiger partial charge >= 0.3 is 0 Å². The Morgan fingerprint density at radius 1 is 1.17 bits per heavy atom. The van der Waals surface area contributed by atoms with Crippen LogP contribution in [0.15, 0.2) is 0 Å². The van der Waals surface area contributed by atoms with Crippen molar-refractivity contribution in [1.82, 2.24) is 10.2 Å². The summed E-state index contributed by atoms with van der Waals surface area (Å²) in [5.74, 6) is 0.947. The zero-order valence-electron chi connectivity index (χ0n) is 11.7. The van der Waals surface area contributed by atoms with E-state index in [1.807, 2.05) is 0 Å². The highest BCUT2D eigenvalue weighted by Gasteiger charge is 2.39. The maximum Gasteiger partial charge on any atom is 0.0623 e. The van der Waals surface area contributed by atoms with Gasteiger partial charge in [-0.1, -0.05) is 6.42 Å². The minimum atomic E-state index is -0.0916. The summed E-state index contributed by atoms with van der Waals surface area (Å²) in [6.07, 6.45) is 9.61. The Hall–Kier alpha value is -0.120. The first-order valence-electron chi connectivity index (χ1n) is 7.83. The van der Waals surface area contributed by atoms with Gasteiger partial charge in [-0.25, -0.2) is 0 Å². The van der Waals surface area contributed by atoms with E-state index in [-0.39, 0.29) is 12.1 Å². The second-order valence-corrected chi connectivity index (χ2v) is 7.01. The fourth-order valence-electron chi connectivity index (χ4n) is 4.06. The molecule has 104 valence electrons. The van der Waals surface area contributed by atoms with Crippen molar-refractivity contribution in [3.05, 3.63) is 0 Å². The molecule has 1 aliphatic heterocycles. The van der Waals surface area contributed by atoms with Crippen molar-refractivity contribution in [3.8, 4) is 0 Å². The number of nitrogens with zero attached hydrogens (tertiary/aromatic N) is 1. The molecule has 0 aromatic heterocycles. The molecular formula is C15H28N2O. The van der Waals surface area contributed by atoms with E-state index in [2.05, 4.69) is 17.1 Å². The van der Waals surface area contributed by atoms with E-state index in [4.69, 9.17) is 0 Å². The summed E-state index contributed by atoms with van der Waals surface area (Å²) in [7, 11) is 0. The van der Waals surface area contributed by atoms with Crippen molar-refractivity contribution < 1.29 is 5.11 Å². The molecule has 1 saturated heterocycles. The maximum absolute atomic E-state index is 9.74. The highest BCUT2D eigenvalue weighted by molar-refractivity contribution is 4.98. The van der Waals surface area contributed by atoms with Crippen LogP contribution in [0.5, 0.6) is 0 Å². The molecule has 3 atom stereocenters. The van der Waals surface area contributed by atoms with Crippen molar-refractivity contribution in [2.45, 2.75) is 69.5 Å². The molecular weight excluding hydrogens is 224 g/mol. The van der Waals surface area contributed by atoms with Gasteiger partial charge in [0.2, 0.25) is 0 Å². The number of nitrogens with one attached hydrogen (secondary N) is 1. The van der Waals surface area contributed by atoms with Crippen LogP contribution >= 0.6 is 0 Å². The standard InChI is InChI=1S/C15H28N2O/c1-15(11-18,16-13-7-8-13)10-17-9-3-5-12-4-2-6-14(12)17/h12-14,16,18H,2-11H2,1H3. The summed E-state index contributed by atoms with van der Waals surface area (Å²) in [5, 5.41) is 13.4. The molecule has 3 nitrogen and oxygen atoms in total. The first-order chi connectivity index (χ1) is 8.70. The average molecular weight is 252 g/mol. The molecule has 0 aromatic rings. The van der Waals surface area contributed by atoms with Crippen LogP contribution in [0.3, 0.4) is 0 Å². The van der Waals surface area contributed by atoms with Crippen molar-refractivity contribution in [1.29, 1.82) is 0 Å². The lowest BCUT2D eigenvalue weighted by molar-refractivity contribution is 0.0561. The monoisotopic (exact) mass is 252 g/mol. The second-order valence-electron chi connectivity index (χ2n) is 7.01. The maximum atomic E-state index is 9.74. The lowest BCUT2D eigenvalue weighted by atomic mass is 9.90. The summed E-state index contributed by atoms with van der Waals surface area (Å²) < 4.78 is 0. The molecule has 1 heterocycles. The van der Waals surface area contributed by atoms with Crippen LogP contribution < -0.4 is 5.32 Å². The number of fused-ring (bicyclic) bond motifs is 1. The number of aliphatic hydroxyl groups excluding tert-OH is 1. The van der Waals surface area contributed by atoms with Gasteiger partial charge in [-0.3, -0.25) is 4.90 Å². The zero-order chi connectivity index (χ0) is 12.6. The van der Waals surface area contributed by atoms with Crippen LogP contribution in [0.1, 0.15) is 51.9 Å². The van der Waals surface area contributed by atoms with Crippen LogP contribution in [0.25, 0.3) is 0 Å². The Bertz CT molecular complexity index is 292. The van der Waals surface area contributed by atoms with E-state index in [1.54, 1.807) is 0 Å². The first kappa shape index (κ1) is 12.9. The van der Waals surface area contributed by atoms with Gasteiger partial charge in [0.05, 0.1) is 12.1 Å². The van der Waals surface area contributed by atoms with Gasteiger partial charge in [0.1, 0.15) is 0 Å². The predicted molar refractivity (Wildman–Crippen MR) is 73.6 cm³/mol. The smallest absolute Gasteiger partial charge is 0.0623 e. The number of piperidine rings is 1.